The van der Waals surface area contributed by atoms with Gasteiger partial charge in [0.15, 0.2) is 5.58 Å². The molecule has 0 N–H and O–H groups in total. The lowest BCUT2D eigenvalue weighted by Gasteiger charge is -2.09. The van der Waals surface area contributed by atoms with E-state index >= 15 is 0 Å². The monoisotopic (exact) mass is 664 g/mol. The maximum atomic E-state index is 6.74. The Balaban J connectivity index is 1.06. The van der Waals surface area contributed by atoms with Crippen molar-refractivity contribution in [2.45, 2.75) is 0 Å². The molecule has 52 heavy (non-hydrogen) atoms. The summed E-state index contributed by atoms with van der Waals surface area (Å²) < 4.78 is 17.9. The van der Waals surface area contributed by atoms with Gasteiger partial charge in [0.05, 0.1) is 27.8 Å². The van der Waals surface area contributed by atoms with Crippen molar-refractivity contribution in [2.24, 2.45) is 0 Å². The van der Waals surface area contributed by atoms with E-state index in [2.05, 4.69) is 167 Å². The molecule has 0 aliphatic carbocycles. The first kappa shape index (κ1) is 27.7. The van der Waals surface area contributed by atoms with E-state index in [0.29, 0.717) is 0 Å². The zero-order chi connectivity index (χ0) is 33.9. The quantitative estimate of drug-likeness (QED) is 0.188. The molecule has 242 valence electrons. The van der Waals surface area contributed by atoms with Gasteiger partial charge in [0.25, 0.3) is 0 Å². The van der Waals surface area contributed by atoms with Crippen LogP contribution in [0, 0.1) is 0 Å². The van der Waals surface area contributed by atoms with Crippen LogP contribution in [0.25, 0.3) is 110 Å². The molecule has 0 atom stereocenters. The van der Waals surface area contributed by atoms with Crippen LogP contribution in [0.15, 0.2) is 179 Å². The summed E-state index contributed by atoms with van der Waals surface area (Å²) in [7, 11) is 0. The van der Waals surface area contributed by atoms with Gasteiger partial charge in [-0.1, -0.05) is 109 Å². The lowest BCUT2D eigenvalue weighted by Crippen LogP contribution is -1.94. The molecule has 0 aliphatic heterocycles. The van der Waals surface area contributed by atoms with Gasteiger partial charge < -0.3 is 18.0 Å². The topological polar surface area (TPSA) is 36.1 Å². The van der Waals surface area contributed by atoms with E-state index in [1.54, 1.807) is 0 Å². The molecule has 0 saturated carbocycles. The summed E-state index contributed by atoms with van der Waals surface area (Å²) in [5, 5.41) is 9.34. The first-order valence-corrected chi connectivity index (χ1v) is 17.7. The maximum Gasteiger partial charge on any atom is 0.159 e. The predicted octanol–water partition coefficient (Wildman–Crippen LogP) is 13.3. The molecular weight excluding hydrogens is 637 g/mol. The van der Waals surface area contributed by atoms with Gasteiger partial charge in [-0.05, 0) is 66.2 Å². The number of aromatic nitrogens is 2. The number of hydrogen-bond acceptors (Lipinski definition) is 2. The van der Waals surface area contributed by atoms with E-state index in [0.717, 1.165) is 77.4 Å². The highest BCUT2D eigenvalue weighted by molar-refractivity contribution is 6.15. The van der Waals surface area contributed by atoms with Gasteiger partial charge in [-0.3, -0.25) is 0 Å². The fraction of sp³-hybridized carbons (Fsp3) is 0. The molecule has 0 radical (unpaired) electrons. The molecule has 4 heterocycles. The molecular formula is C48H28N2O2. The van der Waals surface area contributed by atoms with Gasteiger partial charge in [0.1, 0.15) is 16.7 Å². The van der Waals surface area contributed by atoms with E-state index in [9.17, 15) is 0 Å². The summed E-state index contributed by atoms with van der Waals surface area (Å²) in [5.41, 5.74) is 12.6. The smallest absolute Gasteiger partial charge is 0.159 e. The molecule has 12 rings (SSSR count). The molecule has 0 amide bonds. The minimum atomic E-state index is 0.869. The van der Waals surface area contributed by atoms with Gasteiger partial charge in [-0.2, -0.15) is 0 Å². The normalized spacial score (nSPS) is 12.2. The van der Waals surface area contributed by atoms with E-state index in [-0.39, 0.29) is 0 Å². The number of fused-ring (bicyclic) bond motifs is 12. The van der Waals surface area contributed by atoms with Crippen molar-refractivity contribution in [2.75, 3.05) is 0 Å². The van der Waals surface area contributed by atoms with Gasteiger partial charge in [0, 0.05) is 54.3 Å². The summed E-state index contributed by atoms with van der Waals surface area (Å²) in [4.78, 5) is 0. The van der Waals surface area contributed by atoms with Gasteiger partial charge in [-0.25, -0.2) is 0 Å². The Kier molecular flexibility index (Phi) is 5.47. The zero-order valence-corrected chi connectivity index (χ0v) is 27.9. The van der Waals surface area contributed by atoms with Crippen LogP contribution in [0.4, 0.5) is 0 Å². The van der Waals surface area contributed by atoms with Crippen molar-refractivity contribution < 1.29 is 8.83 Å². The zero-order valence-electron chi connectivity index (χ0n) is 27.9. The van der Waals surface area contributed by atoms with Crippen LogP contribution in [0.1, 0.15) is 0 Å². The van der Waals surface area contributed by atoms with Crippen LogP contribution in [0.5, 0.6) is 0 Å². The number of furan rings is 2. The van der Waals surface area contributed by atoms with Crippen LogP contribution in [0.2, 0.25) is 0 Å². The molecule has 4 nitrogen and oxygen atoms in total. The van der Waals surface area contributed by atoms with Crippen molar-refractivity contribution in [3.05, 3.63) is 170 Å². The second kappa shape index (κ2) is 10.3. The van der Waals surface area contributed by atoms with Crippen LogP contribution in [-0.2, 0) is 0 Å². The molecule has 8 aromatic carbocycles. The van der Waals surface area contributed by atoms with Gasteiger partial charge in [-0.15, -0.1) is 0 Å². The average Bonchev–Trinajstić information content (AvgIpc) is 3.95. The molecule has 0 aliphatic rings. The second-order valence-corrected chi connectivity index (χ2v) is 13.7. The first-order valence-electron chi connectivity index (χ1n) is 17.7. The Morgan fingerprint density at radius 1 is 0.327 bits per heavy atom. The summed E-state index contributed by atoms with van der Waals surface area (Å²) in [5.74, 6) is 0. The number of rotatable bonds is 3. The molecule has 0 spiro atoms. The summed E-state index contributed by atoms with van der Waals surface area (Å²) in [6.45, 7) is 0. The van der Waals surface area contributed by atoms with Crippen molar-refractivity contribution in [1.29, 1.82) is 0 Å². The first-order chi connectivity index (χ1) is 25.8. The van der Waals surface area contributed by atoms with E-state index < -0.39 is 0 Å². The molecule has 0 fully saturated rings. The van der Waals surface area contributed by atoms with E-state index in [1.165, 1.54) is 32.6 Å². The molecule has 4 heteroatoms. The summed E-state index contributed by atoms with van der Waals surface area (Å²) >= 11 is 0. The SMILES string of the molecule is c1ccc2c(c1)oc1c(-c3ccc4c(c3)c3ccccc3n4-c3ccc4oc5c(-n6c7ccccc7c7ccccc76)cccc5c4c3)cccc12. The number of hydrogen-bond donors (Lipinski definition) is 0. The molecule has 0 saturated heterocycles. The van der Waals surface area contributed by atoms with Gasteiger partial charge in [0.2, 0.25) is 0 Å². The standard InChI is InChI=1S/C48H28N2O2/c1-6-19-41-32(11-1)33-12-2-7-20-42(33)50(41)44-21-10-17-37-39-28-30(24-26-46(39)52-48(37)44)49-40-18-5-3-13-34(40)38-27-29(23-25-43(38)49)31-15-9-16-36-35-14-4-8-22-45(35)51-47(31)36/h1-28H. The minimum absolute atomic E-state index is 0.869. The molecule has 12 aromatic rings. The number of benzene rings is 8. The fourth-order valence-corrected chi connectivity index (χ4v) is 8.66. The predicted molar refractivity (Wildman–Crippen MR) is 215 cm³/mol. The Labute approximate surface area is 296 Å². The van der Waals surface area contributed by atoms with Crippen LogP contribution < -0.4 is 0 Å². The van der Waals surface area contributed by atoms with Crippen LogP contribution in [0.3, 0.4) is 0 Å². The molecule has 0 unspecified atom stereocenters. The highest BCUT2D eigenvalue weighted by Crippen LogP contribution is 2.42. The molecule has 4 aromatic heterocycles. The Morgan fingerprint density at radius 3 is 1.65 bits per heavy atom. The van der Waals surface area contributed by atoms with E-state index in [4.69, 9.17) is 8.83 Å². The van der Waals surface area contributed by atoms with Crippen molar-refractivity contribution in [3.8, 4) is 22.5 Å². The van der Waals surface area contributed by atoms with Crippen LogP contribution in [-0.4, -0.2) is 9.13 Å². The highest BCUT2D eigenvalue weighted by atomic mass is 16.3. The maximum absolute atomic E-state index is 6.74. The summed E-state index contributed by atoms with van der Waals surface area (Å²) in [6, 6.07) is 60.5. The number of nitrogens with zero attached hydrogens (tertiary/aromatic N) is 2. The second-order valence-electron chi connectivity index (χ2n) is 13.7. The largest absolute Gasteiger partial charge is 0.455 e. The third-order valence-electron chi connectivity index (χ3n) is 10.9. The average molecular weight is 665 g/mol. The summed E-state index contributed by atoms with van der Waals surface area (Å²) in [6.07, 6.45) is 0. The van der Waals surface area contributed by atoms with Crippen molar-refractivity contribution >= 4 is 87.5 Å². The lowest BCUT2D eigenvalue weighted by atomic mass is 10.0. The van der Waals surface area contributed by atoms with Gasteiger partial charge >= 0.3 is 0 Å². The Hall–Kier alpha value is -7.04. The Morgan fingerprint density at radius 2 is 0.885 bits per heavy atom. The fourth-order valence-electron chi connectivity index (χ4n) is 8.66. The Bertz CT molecular complexity index is 3370. The molecule has 0 bridgehead atoms. The lowest BCUT2D eigenvalue weighted by molar-refractivity contribution is 0.666. The minimum Gasteiger partial charge on any atom is -0.455 e. The number of para-hydroxylation sites is 6. The third-order valence-corrected chi connectivity index (χ3v) is 10.9. The van der Waals surface area contributed by atoms with Crippen molar-refractivity contribution in [1.82, 2.24) is 9.13 Å². The van der Waals surface area contributed by atoms with Crippen LogP contribution >= 0.6 is 0 Å². The van der Waals surface area contributed by atoms with Crippen molar-refractivity contribution in [3.63, 3.8) is 0 Å². The highest BCUT2D eigenvalue weighted by Gasteiger charge is 2.20. The third kappa shape index (κ3) is 3.70. The van der Waals surface area contributed by atoms with E-state index in [1.807, 2.05) is 12.1 Å².